The molecule has 186 valence electrons. The third-order valence-electron chi connectivity index (χ3n) is 6.03. The average Bonchev–Trinajstić information content (AvgIpc) is 3.44. The van der Waals surface area contributed by atoms with Gasteiger partial charge in [-0.25, -0.2) is 19.3 Å². The van der Waals surface area contributed by atoms with Crippen LogP contribution in [-0.2, 0) is 19.1 Å². The van der Waals surface area contributed by atoms with E-state index in [1.54, 1.807) is 30.5 Å². The van der Waals surface area contributed by atoms with Gasteiger partial charge in [0.25, 0.3) is 0 Å². The fourth-order valence-corrected chi connectivity index (χ4v) is 4.41. The van der Waals surface area contributed by atoms with Gasteiger partial charge in [-0.1, -0.05) is 17.7 Å². The van der Waals surface area contributed by atoms with Crippen molar-refractivity contribution in [3.05, 3.63) is 88.5 Å². The molecule has 0 fully saturated rings. The molecule has 0 unspecified atom stereocenters. The number of H-pyrrole nitrogens is 2. The van der Waals surface area contributed by atoms with E-state index in [0.29, 0.717) is 61.6 Å². The molecule has 12 heteroatoms. The van der Waals surface area contributed by atoms with E-state index in [-0.39, 0.29) is 6.54 Å². The summed E-state index contributed by atoms with van der Waals surface area (Å²) >= 11 is 6.16. The van der Waals surface area contributed by atoms with Gasteiger partial charge in [0.05, 0.1) is 16.1 Å². The second-order valence-electron chi connectivity index (χ2n) is 8.51. The van der Waals surface area contributed by atoms with Crippen molar-refractivity contribution in [3.8, 4) is 0 Å². The first-order valence-electron chi connectivity index (χ1n) is 11.1. The summed E-state index contributed by atoms with van der Waals surface area (Å²) in [6.45, 7) is 0.142. The molecule has 0 aliphatic rings. The Bertz CT molecular complexity index is 1790. The Labute approximate surface area is 210 Å². The Kier molecular flexibility index (Phi) is 5.45. The van der Waals surface area contributed by atoms with E-state index >= 15 is 0 Å². The summed E-state index contributed by atoms with van der Waals surface area (Å²) in [6.07, 6.45) is -0.381. The van der Waals surface area contributed by atoms with Gasteiger partial charge in [-0.3, -0.25) is 4.98 Å². The summed E-state index contributed by atoms with van der Waals surface area (Å²) in [6, 6.07) is 9.24. The Balaban J connectivity index is 1.26. The van der Waals surface area contributed by atoms with Crippen LogP contribution in [0.3, 0.4) is 0 Å². The average molecular weight is 526 g/mol. The molecule has 0 aliphatic heterocycles. The van der Waals surface area contributed by atoms with E-state index in [1.165, 1.54) is 12.4 Å². The van der Waals surface area contributed by atoms with E-state index in [9.17, 15) is 17.6 Å². The molecule has 4 heterocycles. The van der Waals surface area contributed by atoms with Crippen molar-refractivity contribution in [1.29, 1.82) is 0 Å². The topological polar surface area (TPSA) is 95.2 Å². The molecule has 3 N–H and O–H groups in total. The van der Waals surface area contributed by atoms with Gasteiger partial charge in [0.1, 0.15) is 23.5 Å². The molecule has 6 rings (SSSR count). The lowest BCUT2D eigenvalue weighted by Gasteiger charge is -2.08. The van der Waals surface area contributed by atoms with E-state index < -0.39 is 17.6 Å². The maximum atomic E-state index is 14.6. The summed E-state index contributed by atoms with van der Waals surface area (Å²) < 4.78 is 53.8. The number of imidazole rings is 1. The van der Waals surface area contributed by atoms with Crippen LogP contribution in [0.2, 0.25) is 5.02 Å². The van der Waals surface area contributed by atoms with Crippen LogP contribution in [0.4, 0.5) is 23.4 Å². The van der Waals surface area contributed by atoms with Crippen LogP contribution in [0.15, 0.2) is 55.1 Å². The lowest BCUT2D eigenvalue weighted by Crippen LogP contribution is -2.05. The molecule has 7 nitrogen and oxygen atoms in total. The summed E-state index contributed by atoms with van der Waals surface area (Å²) in [5.74, 6) is 0.582. The number of hydrogen-bond donors (Lipinski definition) is 3. The predicted octanol–water partition coefficient (Wildman–Crippen LogP) is 6.40. The van der Waals surface area contributed by atoms with Gasteiger partial charge < -0.3 is 15.3 Å². The summed E-state index contributed by atoms with van der Waals surface area (Å²) in [7, 11) is 0. The van der Waals surface area contributed by atoms with Crippen LogP contribution in [-0.4, -0.2) is 29.9 Å². The van der Waals surface area contributed by atoms with Gasteiger partial charge in [0.2, 0.25) is 0 Å². The fraction of sp³-hybridized carbons (Fsp3) is 0.120. The van der Waals surface area contributed by atoms with E-state index in [0.717, 1.165) is 17.8 Å². The van der Waals surface area contributed by atoms with Gasteiger partial charge in [0.15, 0.2) is 11.5 Å². The molecule has 0 saturated carbocycles. The Hall–Kier alpha value is -4.25. The summed E-state index contributed by atoms with van der Waals surface area (Å²) in [4.78, 5) is 22.9. The first-order chi connectivity index (χ1) is 17.7. The third-order valence-corrected chi connectivity index (χ3v) is 6.34. The smallest absolute Gasteiger partial charge is 0.364 e. The number of nitrogens with zero attached hydrogens (tertiary/aromatic N) is 4. The van der Waals surface area contributed by atoms with Crippen molar-refractivity contribution >= 4 is 50.4 Å². The zero-order chi connectivity index (χ0) is 25.7. The normalized spacial score (nSPS) is 12.1. The van der Waals surface area contributed by atoms with E-state index in [2.05, 4.69) is 35.2 Å². The molecule has 0 amide bonds. The van der Waals surface area contributed by atoms with Gasteiger partial charge >= 0.3 is 6.18 Å². The minimum absolute atomic E-state index is 0.142. The van der Waals surface area contributed by atoms with Crippen LogP contribution in [0, 0.1) is 5.82 Å². The zero-order valence-electron chi connectivity index (χ0n) is 18.8. The highest BCUT2D eigenvalue weighted by Gasteiger charge is 2.31. The standard InChI is InChI=1S/C25H16ClF4N7/c26-17-10-32-20-7-18(27)14(6-16(17)20)8-33-23-22-24(35-11-34-23)37-21(36-22)4-12-1-2-19-13(3-12)5-15(9-31-19)25(28,29)30/h1-3,5-7,9-11,32H,4,8H2,(H2,33,34,35,36,37). The number of aromatic nitrogens is 6. The van der Waals surface area contributed by atoms with Crippen molar-refractivity contribution in [2.45, 2.75) is 19.1 Å². The molecule has 0 bridgehead atoms. The molecule has 0 aliphatic carbocycles. The number of aromatic amines is 2. The predicted molar refractivity (Wildman–Crippen MR) is 132 cm³/mol. The molecular formula is C25H16ClF4N7. The van der Waals surface area contributed by atoms with Crippen LogP contribution < -0.4 is 5.32 Å². The monoisotopic (exact) mass is 525 g/mol. The quantitative estimate of drug-likeness (QED) is 0.226. The largest absolute Gasteiger partial charge is 0.417 e. The number of anilines is 1. The lowest BCUT2D eigenvalue weighted by molar-refractivity contribution is -0.137. The van der Waals surface area contributed by atoms with E-state index in [4.69, 9.17) is 11.6 Å². The number of alkyl halides is 3. The lowest BCUT2D eigenvalue weighted by atomic mass is 10.1. The summed E-state index contributed by atoms with van der Waals surface area (Å²) in [5.41, 5.74) is 2.34. The second-order valence-corrected chi connectivity index (χ2v) is 8.92. The van der Waals surface area contributed by atoms with Gasteiger partial charge in [-0.2, -0.15) is 13.2 Å². The molecule has 0 spiro atoms. The summed E-state index contributed by atoms with van der Waals surface area (Å²) in [5, 5.41) is 4.70. The Morgan fingerprint density at radius 3 is 2.73 bits per heavy atom. The highest BCUT2D eigenvalue weighted by Crippen LogP contribution is 2.31. The number of fused-ring (bicyclic) bond motifs is 3. The first-order valence-corrected chi connectivity index (χ1v) is 11.5. The van der Waals surface area contributed by atoms with E-state index in [1.807, 2.05) is 0 Å². The number of halogens is 5. The molecule has 2 aromatic carbocycles. The molecule has 6 aromatic rings. The van der Waals surface area contributed by atoms with Crippen molar-refractivity contribution in [2.75, 3.05) is 5.32 Å². The minimum Gasteiger partial charge on any atom is -0.364 e. The third kappa shape index (κ3) is 4.42. The maximum Gasteiger partial charge on any atom is 0.417 e. The van der Waals surface area contributed by atoms with Crippen LogP contribution in [0.25, 0.3) is 33.0 Å². The van der Waals surface area contributed by atoms with Crippen molar-refractivity contribution in [3.63, 3.8) is 0 Å². The SMILES string of the molecule is Fc1cc2[nH]cc(Cl)c2cc1CNc1ncnc2nc(Cc3ccc4ncc(C(F)(F)F)cc4c3)[nH]c12. The highest BCUT2D eigenvalue weighted by atomic mass is 35.5. The minimum atomic E-state index is -4.47. The molecule has 0 saturated heterocycles. The number of pyridine rings is 1. The Morgan fingerprint density at radius 1 is 1.03 bits per heavy atom. The van der Waals surface area contributed by atoms with Gasteiger partial charge in [0, 0.05) is 47.2 Å². The van der Waals surface area contributed by atoms with Crippen LogP contribution in [0.5, 0.6) is 0 Å². The number of rotatable bonds is 5. The number of benzene rings is 2. The number of hydrogen-bond acceptors (Lipinski definition) is 5. The molecule has 4 aromatic heterocycles. The number of nitrogens with one attached hydrogen (secondary N) is 3. The highest BCUT2D eigenvalue weighted by molar-refractivity contribution is 6.35. The van der Waals surface area contributed by atoms with Crippen LogP contribution in [0.1, 0.15) is 22.5 Å². The molecule has 37 heavy (non-hydrogen) atoms. The second kappa shape index (κ2) is 8.70. The maximum absolute atomic E-state index is 14.6. The fourth-order valence-electron chi connectivity index (χ4n) is 4.20. The van der Waals surface area contributed by atoms with Crippen molar-refractivity contribution in [1.82, 2.24) is 29.9 Å². The van der Waals surface area contributed by atoms with Crippen molar-refractivity contribution in [2.24, 2.45) is 0 Å². The Morgan fingerprint density at radius 2 is 1.89 bits per heavy atom. The molecule has 0 atom stereocenters. The van der Waals surface area contributed by atoms with Crippen LogP contribution >= 0.6 is 11.6 Å². The zero-order valence-corrected chi connectivity index (χ0v) is 19.5. The van der Waals surface area contributed by atoms with Gasteiger partial charge in [-0.05, 0) is 35.9 Å². The van der Waals surface area contributed by atoms with Crippen molar-refractivity contribution < 1.29 is 17.6 Å². The molecular weight excluding hydrogens is 510 g/mol. The molecule has 0 radical (unpaired) electrons. The first kappa shape index (κ1) is 23.2. The van der Waals surface area contributed by atoms with Gasteiger partial charge in [-0.15, -0.1) is 0 Å².